The lowest BCUT2D eigenvalue weighted by molar-refractivity contribution is -0.383. The monoisotopic (exact) mass is 287 g/mol. The highest BCUT2D eigenvalue weighted by Gasteiger charge is 2.30. The number of non-ortho nitro benzene ring substituents is 1. The van der Waals surface area contributed by atoms with Crippen LogP contribution < -0.4 is 4.90 Å². The second-order valence-electron chi connectivity index (χ2n) is 5.03. The number of carbonyl (C=O) groups is 1. The van der Waals surface area contributed by atoms with Gasteiger partial charge in [0.2, 0.25) is 0 Å². The molecule has 0 amide bonds. The highest BCUT2D eigenvalue weighted by atomic mass is 16.6. The molecule has 1 N–H and O–H groups in total. The first-order valence-corrected chi connectivity index (χ1v) is 6.58. The number of nitro benzene ring substituents is 1. The van der Waals surface area contributed by atoms with Crippen LogP contribution in [0.15, 0.2) is 30.5 Å². The number of aromatic nitrogens is 1. The number of hydrogen-bond donors (Lipinski definition) is 1. The van der Waals surface area contributed by atoms with Crippen molar-refractivity contribution in [3.63, 3.8) is 0 Å². The molecule has 1 aromatic heterocycles. The van der Waals surface area contributed by atoms with Crippen LogP contribution in [0.1, 0.15) is 6.42 Å². The second kappa shape index (κ2) is 5.01. The minimum Gasteiger partial charge on any atom is -0.481 e. The molecule has 1 aliphatic heterocycles. The highest BCUT2D eigenvalue weighted by Crippen LogP contribution is 2.34. The first-order chi connectivity index (χ1) is 10.1. The van der Waals surface area contributed by atoms with Crippen LogP contribution in [-0.4, -0.2) is 34.1 Å². The normalized spacial score (nSPS) is 18.1. The summed E-state index contributed by atoms with van der Waals surface area (Å²) in [7, 11) is 0. The minimum absolute atomic E-state index is 0.0100. The zero-order valence-corrected chi connectivity index (χ0v) is 11.1. The molecule has 1 fully saturated rings. The number of carboxylic acids is 1. The Morgan fingerprint density at radius 2 is 2.24 bits per heavy atom. The number of nitrogens with zero attached hydrogens (tertiary/aromatic N) is 3. The fraction of sp³-hybridized carbons (Fsp3) is 0.286. The molecule has 0 saturated carbocycles. The van der Waals surface area contributed by atoms with E-state index in [1.54, 1.807) is 24.4 Å². The van der Waals surface area contributed by atoms with E-state index in [9.17, 15) is 14.9 Å². The van der Waals surface area contributed by atoms with Gasteiger partial charge in [0.1, 0.15) is 5.52 Å². The summed E-state index contributed by atoms with van der Waals surface area (Å²) in [5.41, 5.74) is 1.30. The van der Waals surface area contributed by atoms with Crippen LogP contribution >= 0.6 is 0 Å². The third-order valence-corrected chi connectivity index (χ3v) is 3.80. The Labute approximate surface area is 120 Å². The predicted molar refractivity (Wildman–Crippen MR) is 76.4 cm³/mol. The van der Waals surface area contributed by atoms with Crippen LogP contribution in [0.4, 0.5) is 11.4 Å². The number of benzene rings is 1. The first-order valence-electron chi connectivity index (χ1n) is 6.58. The molecule has 0 radical (unpaired) electrons. The van der Waals surface area contributed by atoms with Crippen molar-refractivity contribution >= 4 is 28.2 Å². The third kappa shape index (κ3) is 2.26. The summed E-state index contributed by atoms with van der Waals surface area (Å²) in [4.78, 5) is 27.9. The Kier molecular flexibility index (Phi) is 3.17. The molecule has 0 bridgehead atoms. The van der Waals surface area contributed by atoms with Gasteiger partial charge in [0.15, 0.2) is 0 Å². The van der Waals surface area contributed by atoms with Gasteiger partial charge in [0.25, 0.3) is 5.69 Å². The van der Waals surface area contributed by atoms with E-state index >= 15 is 0 Å². The van der Waals surface area contributed by atoms with E-state index < -0.39 is 16.8 Å². The molecule has 1 aromatic carbocycles. The molecule has 2 heterocycles. The third-order valence-electron chi connectivity index (χ3n) is 3.80. The van der Waals surface area contributed by atoms with Gasteiger partial charge in [-0.3, -0.25) is 19.9 Å². The molecule has 1 aliphatic rings. The number of anilines is 1. The zero-order chi connectivity index (χ0) is 15.0. The highest BCUT2D eigenvalue weighted by molar-refractivity contribution is 5.97. The number of hydrogen-bond acceptors (Lipinski definition) is 5. The summed E-state index contributed by atoms with van der Waals surface area (Å²) in [6, 6.07) is 6.42. The molecular weight excluding hydrogens is 274 g/mol. The van der Waals surface area contributed by atoms with Crippen LogP contribution in [0.25, 0.3) is 10.9 Å². The van der Waals surface area contributed by atoms with Crippen molar-refractivity contribution in [3.05, 3.63) is 40.6 Å². The van der Waals surface area contributed by atoms with E-state index in [-0.39, 0.29) is 5.69 Å². The standard InChI is InChI=1S/C14H13N3O4/c18-14(19)9-5-7-16(8-9)12-4-3-11(17(20)21)10-2-1-6-15-13(10)12/h1-4,6,9H,5,7-8H2,(H,18,19). The molecule has 3 rings (SSSR count). The second-order valence-corrected chi connectivity index (χ2v) is 5.03. The van der Waals surface area contributed by atoms with Crippen molar-refractivity contribution < 1.29 is 14.8 Å². The maximum absolute atomic E-state index is 11.1. The molecule has 21 heavy (non-hydrogen) atoms. The molecule has 7 heteroatoms. The van der Waals surface area contributed by atoms with E-state index in [0.29, 0.717) is 30.4 Å². The van der Waals surface area contributed by atoms with Gasteiger partial charge in [-0.15, -0.1) is 0 Å². The number of aliphatic carboxylic acids is 1. The number of fused-ring (bicyclic) bond motifs is 1. The van der Waals surface area contributed by atoms with Crippen molar-refractivity contribution in [2.75, 3.05) is 18.0 Å². The Morgan fingerprint density at radius 1 is 1.43 bits per heavy atom. The van der Waals surface area contributed by atoms with Crippen molar-refractivity contribution in [2.24, 2.45) is 5.92 Å². The largest absolute Gasteiger partial charge is 0.481 e. The number of rotatable bonds is 3. The van der Waals surface area contributed by atoms with E-state index in [4.69, 9.17) is 5.11 Å². The molecule has 7 nitrogen and oxygen atoms in total. The summed E-state index contributed by atoms with van der Waals surface area (Å²) >= 11 is 0. The SMILES string of the molecule is O=C(O)C1CCN(c2ccc([N+](=O)[O-])c3cccnc23)C1. The molecule has 1 saturated heterocycles. The average Bonchev–Trinajstić information content (AvgIpc) is 2.95. The number of carboxylic acid groups (broad SMARTS) is 1. The van der Waals surface area contributed by atoms with E-state index in [1.807, 2.05) is 4.90 Å². The predicted octanol–water partition coefficient (Wildman–Crippen LogP) is 2.05. The summed E-state index contributed by atoms with van der Waals surface area (Å²) in [6.07, 6.45) is 2.15. The van der Waals surface area contributed by atoms with Crippen molar-refractivity contribution in [3.8, 4) is 0 Å². The summed E-state index contributed by atoms with van der Waals surface area (Å²) in [5.74, 6) is -1.21. The van der Waals surface area contributed by atoms with Crippen molar-refractivity contribution in [2.45, 2.75) is 6.42 Å². The van der Waals surface area contributed by atoms with Gasteiger partial charge < -0.3 is 10.0 Å². The van der Waals surface area contributed by atoms with Crippen LogP contribution in [-0.2, 0) is 4.79 Å². The van der Waals surface area contributed by atoms with Gasteiger partial charge in [-0.2, -0.15) is 0 Å². The van der Waals surface area contributed by atoms with Gasteiger partial charge in [-0.25, -0.2) is 0 Å². The number of nitro groups is 1. The van der Waals surface area contributed by atoms with Crippen LogP contribution in [0.2, 0.25) is 0 Å². The van der Waals surface area contributed by atoms with Crippen molar-refractivity contribution in [1.29, 1.82) is 0 Å². The average molecular weight is 287 g/mol. The smallest absolute Gasteiger partial charge is 0.308 e. The summed E-state index contributed by atoms with van der Waals surface area (Å²) < 4.78 is 0. The topological polar surface area (TPSA) is 96.6 Å². The zero-order valence-electron chi connectivity index (χ0n) is 11.1. The lowest BCUT2D eigenvalue weighted by atomic mass is 10.1. The van der Waals surface area contributed by atoms with Gasteiger partial charge in [-0.1, -0.05) is 0 Å². The van der Waals surface area contributed by atoms with E-state index in [0.717, 1.165) is 5.69 Å². The molecule has 0 aliphatic carbocycles. The first kappa shape index (κ1) is 13.3. The molecule has 108 valence electrons. The van der Waals surface area contributed by atoms with Crippen LogP contribution in [0, 0.1) is 16.0 Å². The molecular formula is C14H13N3O4. The Hall–Kier alpha value is -2.70. The maximum Gasteiger partial charge on any atom is 0.308 e. The summed E-state index contributed by atoms with van der Waals surface area (Å²) in [5, 5.41) is 20.6. The van der Waals surface area contributed by atoms with Gasteiger partial charge in [0, 0.05) is 25.4 Å². The van der Waals surface area contributed by atoms with Gasteiger partial charge in [0.05, 0.1) is 21.9 Å². The van der Waals surface area contributed by atoms with Gasteiger partial charge >= 0.3 is 5.97 Å². The Morgan fingerprint density at radius 3 is 2.90 bits per heavy atom. The van der Waals surface area contributed by atoms with Crippen molar-refractivity contribution in [1.82, 2.24) is 4.98 Å². The maximum atomic E-state index is 11.1. The fourth-order valence-corrected chi connectivity index (χ4v) is 2.74. The van der Waals surface area contributed by atoms with Crippen LogP contribution in [0.3, 0.4) is 0 Å². The lowest BCUT2D eigenvalue weighted by Crippen LogP contribution is -2.23. The Balaban J connectivity index is 2.07. The fourth-order valence-electron chi connectivity index (χ4n) is 2.74. The quantitative estimate of drug-likeness (QED) is 0.685. The molecule has 1 unspecified atom stereocenters. The summed E-state index contributed by atoms with van der Waals surface area (Å²) in [6.45, 7) is 1.01. The molecule has 2 aromatic rings. The van der Waals surface area contributed by atoms with Gasteiger partial charge in [-0.05, 0) is 24.6 Å². The molecule has 1 atom stereocenters. The van der Waals surface area contributed by atoms with Crippen LogP contribution in [0.5, 0.6) is 0 Å². The number of pyridine rings is 1. The minimum atomic E-state index is -0.809. The molecule has 0 spiro atoms. The lowest BCUT2D eigenvalue weighted by Gasteiger charge is -2.19. The van der Waals surface area contributed by atoms with E-state index in [2.05, 4.69) is 4.98 Å². The Bertz CT molecular complexity index is 731. The van der Waals surface area contributed by atoms with E-state index in [1.165, 1.54) is 6.07 Å².